The number of hydrogen-bond donors (Lipinski definition) is 0. The fourth-order valence-electron chi connectivity index (χ4n) is 7.62. The molecule has 0 heterocycles. The van der Waals surface area contributed by atoms with Gasteiger partial charge in [-0.25, -0.2) is 0 Å². The van der Waals surface area contributed by atoms with Crippen LogP contribution < -0.4 is 0 Å². The SMILES string of the molecule is C=C(C)C/N=C(\C)C1CCC2C3CCC4=CC(=O)CCC4(C)C3CCC12C. The van der Waals surface area contributed by atoms with Gasteiger partial charge in [-0.1, -0.05) is 31.6 Å². The second-order valence-electron chi connectivity index (χ2n) is 10.6. The van der Waals surface area contributed by atoms with Crippen molar-refractivity contribution in [3.05, 3.63) is 23.8 Å². The molecule has 3 fully saturated rings. The minimum atomic E-state index is 0.291. The summed E-state index contributed by atoms with van der Waals surface area (Å²) in [7, 11) is 0. The van der Waals surface area contributed by atoms with Crippen molar-refractivity contribution < 1.29 is 4.79 Å². The van der Waals surface area contributed by atoms with Crippen LogP contribution in [-0.4, -0.2) is 18.0 Å². The van der Waals surface area contributed by atoms with E-state index in [1.165, 1.54) is 43.4 Å². The highest BCUT2D eigenvalue weighted by Crippen LogP contribution is 2.66. The summed E-state index contributed by atoms with van der Waals surface area (Å²) in [6.45, 7) is 14.2. The maximum Gasteiger partial charge on any atom is 0.155 e. The van der Waals surface area contributed by atoms with E-state index in [4.69, 9.17) is 4.99 Å². The zero-order valence-corrected chi connectivity index (χ0v) is 17.8. The number of rotatable bonds is 3. The van der Waals surface area contributed by atoms with Gasteiger partial charge in [-0.2, -0.15) is 0 Å². The molecule has 4 rings (SSSR count). The van der Waals surface area contributed by atoms with E-state index in [9.17, 15) is 4.79 Å². The van der Waals surface area contributed by atoms with Gasteiger partial charge in [-0.05, 0) is 93.5 Å². The average molecular weight is 368 g/mol. The second kappa shape index (κ2) is 6.71. The first kappa shape index (κ1) is 19.2. The van der Waals surface area contributed by atoms with Crippen molar-refractivity contribution in [2.24, 2.45) is 39.5 Å². The number of nitrogens with zero attached hydrogens (tertiary/aromatic N) is 1. The molecule has 0 aromatic rings. The molecule has 0 N–H and O–H groups in total. The van der Waals surface area contributed by atoms with E-state index in [-0.39, 0.29) is 0 Å². The lowest BCUT2D eigenvalue weighted by Crippen LogP contribution is -2.51. The lowest BCUT2D eigenvalue weighted by atomic mass is 9.46. The summed E-state index contributed by atoms with van der Waals surface area (Å²) >= 11 is 0. The number of ketones is 1. The largest absolute Gasteiger partial charge is 0.295 e. The van der Waals surface area contributed by atoms with E-state index in [1.54, 1.807) is 0 Å². The first-order chi connectivity index (χ1) is 12.8. The number of fused-ring (bicyclic) bond motifs is 5. The topological polar surface area (TPSA) is 29.4 Å². The molecule has 6 unspecified atom stereocenters. The zero-order chi connectivity index (χ0) is 19.4. The van der Waals surface area contributed by atoms with Crippen LogP contribution in [0.2, 0.25) is 0 Å². The maximum atomic E-state index is 12.0. The molecule has 27 heavy (non-hydrogen) atoms. The smallest absolute Gasteiger partial charge is 0.155 e. The van der Waals surface area contributed by atoms with Crippen molar-refractivity contribution in [1.29, 1.82) is 0 Å². The molecule has 0 saturated heterocycles. The monoisotopic (exact) mass is 367 g/mol. The molecule has 4 aliphatic carbocycles. The number of carbonyl (C=O) groups excluding carboxylic acids is 1. The van der Waals surface area contributed by atoms with Crippen LogP contribution in [0.3, 0.4) is 0 Å². The standard InChI is InChI=1S/C25H37NO/c1-16(2)15-26-17(3)21-8-9-22-20-7-6-18-14-19(27)10-12-24(18,4)23(20)11-13-25(21,22)5/h14,20-23H,1,6-13,15H2,2-5H3/b26-17+. The Kier molecular flexibility index (Phi) is 4.76. The number of carbonyl (C=O) groups is 1. The summed E-state index contributed by atoms with van der Waals surface area (Å²) in [5.74, 6) is 3.49. The fraction of sp³-hybridized carbons (Fsp3) is 0.760. The van der Waals surface area contributed by atoms with E-state index in [0.29, 0.717) is 22.5 Å². The van der Waals surface area contributed by atoms with Crippen LogP contribution in [0.4, 0.5) is 0 Å². The van der Waals surface area contributed by atoms with E-state index in [1.807, 2.05) is 6.08 Å². The summed E-state index contributed by atoms with van der Waals surface area (Å²) in [4.78, 5) is 16.9. The highest BCUT2D eigenvalue weighted by Gasteiger charge is 2.59. The lowest BCUT2D eigenvalue weighted by molar-refractivity contribution is -0.117. The predicted molar refractivity (Wildman–Crippen MR) is 113 cm³/mol. The molecular formula is C25H37NO. The molecule has 0 aromatic carbocycles. The van der Waals surface area contributed by atoms with E-state index in [2.05, 4.69) is 34.3 Å². The van der Waals surface area contributed by atoms with Gasteiger partial charge in [0, 0.05) is 18.1 Å². The Morgan fingerprint density at radius 2 is 1.89 bits per heavy atom. The molecular weight excluding hydrogens is 330 g/mol. The molecule has 148 valence electrons. The highest BCUT2D eigenvalue weighted by molar-refractivity contribution is 5.91. The minimum absolute atomic E-state index is 0.291. The summed E-state index contributed by atoms with van der Waals surface area (Å²) in [5, 5.41) is 0. The maximum absolute atomic E-state index is 12.0. The molecule has 0 amide bonds. The molecule has 4 aliphatic rings. The Hall–Kier alpha value is -1.18. The van der Waals surface area contributed by atoms with Crippen molar-refractivity contribution in [3.63, 3.8) is 0 Å². The number of hydrogen-bond acceptors (Lipinski definition) is 2. The first-order valence-electron chi connectivity index (χ1n) is 11.1. The summed E-state index contributed by atoms with van der Waals surface area (Å²) < 4.78 is 0. The summed E-state index contributed by atoms with van der Waals surface area (Å²) in [5.41, 5.74) is 4.72. The zero-order valence-electron chi connectivity index (χ0n) is 17.8. The summed E-state index contributed by atoms with van der Waals surface area (Å²) in [6.07, 6.45) is 11.7. The Balaban J connectivity index is 1.59. The molecule has 2 nitrogen and oxygen atoms in total. The summed E-state index contributed by atoms with van der Waals surface area (Å²) in [6, 6.07) is 0. The molecule has 6 atom stereocenters. The van der Waals surface area contributed by atoms with Crippen LogP contribution in [0.15, 0.2) is 28.8 Å². The molecule has 3 saturated carbocycles. The van der Waals surface area contributed by atoms with Gasteiger partial charge in [0.2, 0.25) is 0 Å². The number of aliphatic imine (C=N–C) groups is 1. The van der Waals surface area contributed by atoms with E-state index < -0.39 is 0 Å². The highest BCUT2D eigenvalue weighted by atomic mass is 16.1. The fourth-order valence-corrected chi connectivity index (χ4v) is 7.62. The second-order valence-corrected chi connectivity index (χ2v) is 10.6. The molecule has 2 heteroatoms. The van der Waals surface area contributed by atoms with Gasteiger partial charge < -0.3 is 0 Å². The first-order valence-corrected chi connectivity index (χ1v) is 11.1. The normalized spacial score (nSPS) is 44.2. The Morgan fingerprint density at radius 3 is 2.63 bits per heavy atom. The third kappa shape index (κ3) is 2.98. The van der Waals surface area contributed by atoms with Gasteiger partial charge in [0.1, 0.15) is 0 Å². The van der Waals surface area contributed by atoms with Crippen LogP contribution in [0, 0.1) is 34.5 Å². The van der Waals surface area contributed by atoms with Crippen LogP contribution >= 0.6 is 0 Å². The molecule has 0 aromatic heterocycles. The third-order valence-electron chi connectivity index (χ3n) is 9.06. The lowest BCUT2D eigenvalue weighted by Gasteiger charge is -2.58. The van der Waals surface area contributed by atoms with Crippen LogP contribution in [0.1, 0.15) is 79.1 Å². The van der Waals surface area contributed by atoms with Gasteiger partial charge in [-0.3, -0.25) is 9.79 Å². The van der Waals surface area contributed by atoms with Gasteiger partial charge in [0.25, 0.3) is 0 Å². The van der Waals surface area contributed by atoms with Gasteiger partial charge >= 0.3 is 0 Å². The molecule has 0 bridgehead atoms. The average Bonchev–Trinajstić information content (AvgIpc) is 2.97. The van der Waals surface area contributed by atoms with Crippen LogP contribution in [-0.2, 0) is 4.79 Å². The van der Waals surface area contributed by atoms with Gasteiger partial charge in [0.05, 0.1) is 6.54 Å². The van der Waals surface area contributed by atoms with Crippen molar-refractivity contribution in [2.45, 2.75) is 79.1 Å². The van der Waals surface area contributed by atoms with Gasteiger partial charge in [-0.15, -0.1) is 0 Å². The third-order valence-corrected chi connectivity index (χ3v) is 9.06. The Bertz CT molecular complexity index is 716. The van der Waals surface area contributed by atoms with Crippen molar-refractivity contribution in [3.8, 4) is 0 Å². The van der Waals surface area contributed by atoms with Gasteiger partial charge in [0.15, 0.2) is 5.78 Å². The van der Waals surface area contributed by atoms with Crippen LogP contribution in [0.5, 0.6) is 0 Å². The Morgan fingerprint density at radius 1 is 1.11 bits per heavy atom. The molecule has 0 radical (unpaired) electrons. The van der Waals surface area contributed by atoms with Crippen LogP contribution in [0.25, 0.3) is 0 Å². The van der Waals surface area contributed by atoms with E-state index >= 15 is 0 Å². The van der Waals surface area contributed by atoms with Crippen molar-refractivity contribution in [1.82, 2.24) is 0 Å². The Labute approximate surface area is 165 Å². The quantitative estimate of drug-likeness (QED) is 0.433. The molecule has 0 spiro atoms. The van der Waals surface area contributed by atoms with Crippen molar-refractivity contribution >= 4 is 11.5 Å². The number of allylic oxidation sites excluding steroid dienone is 1. The molecule has 0 aliphatic heterocycles. The van der Waals surface area contributed by atoms with Crippen molar-refractivity contribution in [2.75, 3.05) is 6.54 Å². The minimum Gasteiger partial charge on any atom is -0.295 e. The van der Waals surface area contributed by atoms with E-state index in [0.717, 1.165) is 49.1 Å². The predicted octanol–water partition coefficient (Wildman–Crippen LogP) is 6.17.